The van der Waals surface area contributed by atoms with Crippen molar-refractivity contribution >= 4 is 23.5 Å². The van der Waals surface area contributed by atoms with E-state index >= 15 is 0 Å². The van der Waals surface area contributed by atoms with E-state index in [0.717, 1.165) is 31.2 Å². The van der Waals surface area contributed by atoms with Crippen LogP contribution in [0.25, 0.3) is 11.3 Å². The van der Waals surface area contributed by atoms with Crippen molar-refractivity contribution in [3.63, 3.8) is 0 Å². The summed E-state index contributed by atoms with van der Waals surface area (Å²) in [4.78, 5) is 40.3. The maximum absolute atomic E-state index is 14.8. The Bertz CT molecular complexity index is 1120. The fourth-order valence-corrected chi connectivity index (χ4v) is 5.11. The molecule has 0 radical (unpaired) electrons. The summed E-state index contributed by atoms with van der Waals surface area (Å²) in [5.41, 5.74) is 7.50. The first-order valence-electron chi connectivity index (χ1n) is 11.3. The van der Waals surface area contributed by atoms with Crippen LogP contribution in [0.1, 0.15) is 62.5 Å². The Labute approximate surface area is 192 Å². The summed E-state index contributed by atoms with van der Waals surface area (Å²) in [5.74, 6) is -1.41. The lowest BCUT2D eigenvalue weighted by Crippen LogP contribution is -2.40. The highest BCUT2D eigenvalue weighted by Gasteiger charge is 2.35. The number of anilines is 1. The van der Waals surface area contributed by atoms with Gasteiger partial charge in [-0.2, -0.15) is 0 Å². The third-order valence-corrected chi connectivity index (χ3v) is 6.54. The number of carbonyl (C=O) groups excluding carboxylic acids is 3. The lowest BCUT2D eigenvalue weighted by molar-refractivity contribution is -0.123. The molecule has 8 nitrogen and oxygen atoms in total. The van der Waals surface area contributed by atoms with Gasteiger partial charge in [-0.25, -0.2) is 9.37 Å². The van der Waals surface area contributed by atoms with Gasteiger partial charge in [-0.15, -0.1) is 0 Å². The first-order valence-corrected chi connectivity index (χ1v) is 11.3. The molecule has 0 spiro atoms. The van der Waals surface area contributed by atoms with Crippen LogP contribution in [-0.4, -0.2) is 33.3 Å². The van der Waals surface area contributed by atoms with E-state index in [-0.39, 0.29) is 40.6 Å². The van der Waals surface area contributed by atoms with Gasteiger partial charge in [0.1, 0.15) is 5.82 Å². The van der Waals surface area contributed by atoms with Gasteiger partial charge >= 0.3 is 0 Å². The minimum Gasteiger partial charge on any atom is -0.366 e. The Morgan fingerprint density at radius 3 is 2.70 bits per heavy atom. The number of aromatic nitrogens is 2. The van der Waals surface area contributed by atoms with Crippen molar-refractivity contribution in [3.8, 4) is 11.3 Å². The molecule has 9 heteroatoms. The van der Waals surface area contributed by atoms with E-state index in [1.54, 1.807) is 6.07 Å². The largest absolute Gasteiger partial charge is 0.366 e. The SMILES string of the molecule is CC(=O)NC1CCCC(C(=O)Nc2cc(-c3cc(C(N)=O)c4n3CC(C)(C)C4)c(F)cn2)C1. The predicted molar refractivity (Wildman–Crippen MR) is 122 cm³/mol. The molecule has 1 aliphatic heterocycles. The second-order valence-electron chi connectivity index (χ2n) is 9.98. The van der Waals surface area contributed by atoms with Crippen LogP contribution in [0.2, 0.25) is 0 Å². The molecule has 0 bridgehead atoms. The average molecular weight is 456 g/mol. The Morgan fingerprint density at radius 1 is 1.24 bits per heavy atom. The van der Waals surface area contributed by atoms with E-state index in [0.29, 0.717) is 30.6 Å². The minimum atomic E-state index is -0.545. The third-order valence-electron chi connectivity index (χ3n) is 6.54. The van der Waals surface area contributed by atoms with Crippen LogP contribution in [0.3, 0.4) is 0 Å². The fraction of sp³-hybridized carbons (Fsp3) is 0.500. The first-order chi connectivity index (χ1) is 15.5. The number of amides is 3. The molecule has 4 rings (SSSR count). The van der Waals surface area contributed by atoms with Crippen LogP contribution in [0.15, 0.2) is 18.3 Å². The van der Waals surface area contributed by atoms with Crippen molar-refractivity contribution in [1.29, 1.82) is 0 Å². The number of halogens is 1. The summed E-state index contributed by atoms with van der Waals surface area (Å²) in [5, 5.41) is 5.69. The molecule has 1 fully saturated rings. The van der Waals surface area contributed by atoms with Crippen molar-refractivity contribution in [2.24, 2.45) is 17.1 Å². The third kappa shape index (κ3) is 4.77. The number of nitrogens with zero attached hydrogens (tertiary/aromatic N) is 2. The molecule has 2 aliphatic rings. The zero-order valence-electron chi connectivity index (χ0n) is 19.2. The van der Waals surface area contributed by atoms with Crippen LogP contribution in [0.4, 0.5) is 10.2 Å². The Balaban J connectivity index is 1.59. The van der Waals surface area contributed by atoms with E-state index in [1.165, 1.54) is 13.0 Å². The Hall–Kier alpha value is -3.23. The lowest BCUT2D eigenvalue weighted by Gasteiger charge is -2.28. The smallest absolute Gasteiger partial charge is 0.250 e. The van der Waals surface area contributed by atoms with Crippen LogP contribution >= 0.6 is 0 Å². The van der Waals surface area contributed by atoms with E-state index in [4.69, 9.17) is 5.73 Å². The van der Waals surface area contributed by atoms with Gasteiger partial charge in [-0.3, -0.25) is 14.4 Å². The molecule has 2 unspecified atom stereocenters. The number of hydrogen-bond donors (Lipinski definition) is 3. The maximum Gasteiger partial charge on any atom is 0.250 e. The van der Waals surface area contributed by atoms with E-state index < -0.39 is 11.7 Å². The molecule has 2 aromatic rings. The van der Waals surface area contributed by atoms with Crippen molar-refractivity contribution in [2.75, 3.05) is 5.32 Å². The summed E-state index contributed by atoms with van der Waals surface area (Å²) >= 11 is 0. The molecule has 3 heterocycles. The molecule has 0 aromatic carbocycles. The average Bonchev–Trinajstić information content (AvgIpc) is 3.22. The van der Waals surface area contributed by atoms with Crippen LogP contribution < -0.4 is 16.4 Å². The van der Waals surface area contributed by atoms with Crippen LogP contribution in [0.5, 0.6) is 0 Å². The van der Waals surface area contributed by atoms with E-state index in [9.17, 15) is 18.8 Å². The van der Waals surface area contributed by atoms with E-state index in [2.05, 4.69) is 29.5 Å². The highest BCUT2D eigenvalue weighted by Crippen LogP contribution is 2.40. The number of hydrogen-bond acceptors (Lipinski definition) is 4. The normalized spacial score (nSPS) is 21.3. The maximum atomic E-state index is 14.8. The van der Waals surface area contributed by atoms with Gasteiger partial charge in [-0.1, -0.05) is 20.3 Å². The fourth-order valence-electron chi connectivity index (χ4n) is 5.11. The standard InChI is InChI=1S/C24H30FN5O3/c1-13(31)28-15-6-4-5-14(7-15)23(33)29-21-9-16(18(25)11-27-21)19-8-17(22(26)32)20-10-24(2,3)12-30(19)20/h8-9,11,14-15H,4-7,10,12H2,1-3H3,(H2,26,32)(H,28,31)(H,27,29,33). The number of rotatable bonds is 5. The summed E-state index contributed by atoms with van der Waals surface area (Å²) in [7, 11) is 0. The van der Waals surface area contributed by atoms with Crippen molar-refractivity contribution in [1.82, 2.24) is 14.9 Å². The Kier molecular flexibility index (Phi) is 5.99. The number of pyridine rings is 1. The summed E-state index contributed by atoms with van der Waals surface area (Å²) in [6.45, 7) is 6.26. The molecule has 33 heavy (non-hydrogen) atoms. The number of fused-ring (bicyclic) bond motifs is 1. The van der Waals surface area contributed by atoms with Gasteiger partial charge in [0, 0.05) is 36.7 Å². The topological polar surface area (TPSA) is 119 Å². The highest BCUT2D eigenvalue weighted by atomic mass is 19.1. The molecule has 1 saturated carbocycles. The zero-order valence-corrected chi connectivity index (χ0v) is 19.2. The number of nitrogens with one attached hydrogen (secondary N) is 2. The molecule has 2 atom stereocenters. The number of nitrogens with two attached hydrogens (primary N) is 1. The monoisotopic (exact) mass is 455 g/mol. The van der Waals surface area contributed by atoms with Gasteiger partial charge in [0.25, 0.3) is 5.91 Å². The summed E-state index contributed by atoms with van der Waals surface area (Å²) in [6.07, 6.45) is 4.71. The molecule has 4 N–H and O–H groups in total. The number of carbonyl (C=O) groups is 3. The van der Waals surface area contributed by atoms with Gasteiger partial charge in [0.15, 0.2) is 5.82 Å². The Morgan fingerprint density at radius 2 is 2.00 bits per heavy atom. The first kappa shape index (κ1) is 22.9. The highest BCUT2D eigenvalue weighted by molar-refractivity contribution is 5.96. The number of primary amides is 1. The molecule has 176 valence electrons. The van der Waals surface area contributed by atoms with Crippen molar-refractivity contribution < 1.29 is 18.8 Å². The molecule has 2 aromatic heterocycles. The minimum absolute atomic E-state index is 0.0254. The summed E-state index contributed by atoms with van der Waals surface area (Å²) < 4.78 is 16.8. The molecular formula is C24H30FN5O3. The lowest BCUT2D eigenvalue weighted by atomic mass is 9.85. The predicted octanol–water partition coefficient (Wildman–Crippen LogP) is 3.00. The van der Waals surface area contributed by atoms with E-state index in [1.807, 2.05) is 4.57 Å². The quantitative estimate of drug-likeness (QED) is 0.642. The molecule has 0 saturated heterocycles. The van der Waals surface area contributed by atoms with Crippen LogP contribution in [-0.2, 0) is 22.6 Å². The summed E-state index contributed by atoms with van der Waals surface area (Å²) in [6, 6.07) is 3.10. The van der Waals surface area contributed by atoms with Crippen molar-refractivity contribution in [2.45, 2.75) is 65.5 Å². The zero-order chi connectivity index (χ0) is 23.9. The van der Waals surface area contributed by atoms with Crippen LogP contribution in [0, 0.1) is 17.2 Å². The van der Waals surface area contributed by atoms with Crippen molar-refractivity contribution in [3.05, 3.63) is 35.4 Å². The second kappa shape index (κ2) is 8.61. The van der Waals surface area contributed by atoms with Gasteiger partial charge in [-0.05, 0) is 43.2 Å². The molecular weight excluding hydrogens is 425 g/mol. The molecule has 3 amide bonds. The second-order valence-corrected chi connectivity index (χ2v) is 9.98. The van der Waals surface area contributed by atoms with Gasteiger partial charge < -0.3 is 20.9 Å². The molecule has 1 aliphatic carbocycles. The van der Waals surface area contributed by atoms with Gasteiger partial charge in [0.05, 0.1) is 17.5 Å². The van der Waals surface area contributed by atoms with Gasteiger partial charge in [0.2, 0.25) is 11.8 Å².